The Labute approximate surface area is 101 Å². The van der Waals surface area contributed by atoms with Crippen LogP contribution >= 0.6 is 0 Å². The summed E-state index contributed by atoms with van der Waals surface area (Å²) in [6.07, 6.45) is 2.65. The van der Waals surface area contributed by atoms with Gasteiger partial charge >= 0.3 is 0 Å². The molecule has 2 nitrogen and oxygen atoms in total. The van der Waals surface area contributed by atoms with E-state index in [1.807, 2.05) is 0 Å². The molecule has 0 saturated heterocycles. The van der Waals surface area contributed by atoms with Crippen LogP contribution in [-0.4, -0.2) is 18.6 Å². The van der Waals surface area contributed by atoms with E-state index in [4.69, 9.17) is 5.73 Å². The SMILES string of the molecule is CC(C)C(CNCC(C)(N)C1CC1)C(C)C. The molecule has 0 aromatic carbocycles. The van der Waals surface area contributed by atoms with Crippen molar-refractivity contribution in [1.82, 2.24) is 5.32 Å². The van der Waals surface area contributed by atoms with Gasteiger partial charge in [-0.05, 0) is 50.0 Å². The first-order valence-electron chi connectivity index (χ1n) is 6.84. The van der Waals surface area contributed by atoms with Crippen LogP contribution in [0.1, 0.15) is 47.5 Å². The molecular formula is C14H30N2. The number of nitrogens with one attached hydrogen (secondary N) is 1. The Morgan fingerprint density at radius 2 is 1.69 bits per heavy atom. The van der Waals surface area contributed by atoms with Gasteiger partial charge in [0.2, 0.25) is 0 Å². The Bertz CT molecular complexity index is 197. The van der Waals surface area contributed by atoms with E-state index >= 15 is 0 Å². The summed E-state index contributed by atoms with van der Waals surface area (Å²) in [5, 5.41) is 3.58. The zero-order valence-electron chi connectivity index (χ0n) is 11.7. The molecule has 0 spiro atoms. The minimum Gasteiger partial charge on any atom is -0.324 e. The smallest absolute Gasteiger partial charge is 0.0280 e. The summed E-state index contributed by atoms with van der Waals surface area (Å²) in [5.74, 6) is 3.02. The third-order valence-electron chi connectivity index (χ3n) is 4.11. The summed E-state index contributed by atoms with van der Waals surface area (Å²) in [6, 6.07) is 0. The van der Waals surface area contributed by atoms with Crippen molar-refractivity contribution in [2.45, 2.75) is 53.0 Å². The molecule has 0 amide bonds. The topological polar surface area (TPSA) is 38.0 Å². The Kier molecular flexibility index (Phi) is 4.81. The molecule has 0 aliphatic heterocycles. The van der Waals surface area contributed by atoms with Gasteiger partial charge in [0, 0.05) is 12.1 Å². The maximum absolute atomic E-state index is 6.30. The molecule has 0 aromatic rings. The number of hydrogen-bond acceptors (Lipinski definition) is 2. The molecule has 1 unspecified atom stereocenters. The van der Waals surface area contributed by atoms with Crippen molar-refractivity contribution in [2.24, 2.45) is 29.4 Å². The van der Waals surface area contributed by atoms with Gasteiger partial charge in [-0.3, -0.25) is 0 Å². The molecule has 1 atom stereocenters. The molecule has 1 saturated carbocycles. The van der Waals surface area contributed by atoms with Crippen LogP contribution in [0.15, 0.2) is 0 Å². The van der Waals surface area contributed by atoms with E-state index in [9.17, 15) is 0 Å². The Morgan fingerprint density at radius 1 is 1.19 bits per heavy atom. The Balaban J connectivity index is 2.27. The molecule has 0 radical (unpaired) electrons. The fraction of sp³-hybridized carbons (Fsp3) is 1.00. The minimum absolute atomic E-state index is 0.0124. The summed E-state index contributed by atoms with van der Waals surface area (Å²) in [7, 11) is 0. The summed E-state index contributed by atoms with van der Waals surface area (Å²) in [6.45, 7) is 13.5. The molecule has 1 aliphatic rings. The fourth-order valence-electron chi connectivity index (χ4n) is 2.64. The van der Waals surface area contributed by atoms with Gasteiger partial charge in [0.05, 0.1) is 0 Å². The quantitative estimate of drug-likeness (QED) is 0.700. The minimum atomic E-state index is 0.0124. The maximum Gasteiger partial charge on any atom is 0.0280 e. The number of rotatable bonds is 7. The van der Waals surface area contributed by atoms with Crippen LogP contribution in [0.3, 0.4) is 0 Å². The van der Waals surface area contributed by atoms with Gasteiger partial charge in [0.1, 0.15) is 0 Å². The van der Waals surface area contributed by atoms with Crippen LogP contribution in [0.4, 0.5) is 0 Å². The van der Waals surface area contributed by atoms with Crippen LogP contribution in [0.2, 0.25) is 0 Å². The van der Waals surface area contributed by atoms with Gasteiger partial charge in [0.25, 0.3) is 0 Å². The molecule has 2 heteroatoms. The molecule has 96 valence electrons. The lowest BCUT2D eigenvalue weighted by Crippen LogP contribution is -2.49. The van der Waals surface area contributed by atoms with Crippen LogP contribution in [0.25, 0.3) is 0 Å². The van der Waals surface area contributed by atoms with E-state index in [-0.39, 0.29) is 5.54 Å². The van der Waals surface area contributed by atoms with Gasteiger partial charge in [-0.25, -0.2) is 0 Å². The lowest BCUT2D eigenvalue weighted by Gasteiger charge is -2.29. The predicted octanol–water partition coefficient (Wildman–Crippen LogP) is 2.63. The van der Waals surface area contributed by atoms with Gasteiger partial charge in [-0.15, -0.1) is 0 Å². The van der Waals surface area contributed by atoms with Crippen molar-refractivity contribution in [3.63, 3.8) is 0 Å². The number of hydrogen-bond donors (Lipinski definition) is 2. The zero-order chi connectivity index (χ0) is 12.3. The molecule has 1 rings (SSSR count). The fourth-order valence-corrected chi connectivity index (χ4v) is 2.64. The van der Waals surface area contributed by atoms with E-state index in [0.717, 1.165) is 36.8 Å². The van der Waals surface area contributed by atoms with Crippen LogP contribution in [0.5, 0.6) is 0 Å². The van der Waals surface area contributed by atoms with Crippen molar-refractivity contribution >= 4 is 0 Å². The summed E-state index contributed by atoms with van der Waals surface area (Å²) >= 11 is 0. The first-order valence-corrected chi connectivity index (χ1v) is 6.84. The lowest BCUT2D eigenvalue weighted by atomic mass is 9.85. The van der Waals surface area contributed by atoms with Crippen LogP contribution in [-0.2, 0) is 0 Å². The van der Waals surface area contributed by atoms with E-state index in [1.165, 1.54) is 12.8 Å². The Morgan fingerprint density at radius 3 is 2.06 bits per heavy atom. The second-order valence-corrected chi connectivity index (χ2v) is 6.56. The van der Waals surface area contributed by atoms with Crippen molar-refractivity contribution in [3.8, 4) is 0 Å². The van der Waals surface area contributed by atoms with Crippen molar-refractivity contribution in [3.05, 3.63) is 0 Å². The molecule has 1 fully saturated rings. The predicted molar refractivity (Wildman–Crippen MR) is 71.4 cm³/mol. The van der Waals surface area contributed by atoms with Crippen LogP contribution < -0.4 is 11.1 Å². The standard InChI is InChI=1S/C14H30N2/c1-10(2)13(11(3)4)8-16-9-14(5,15)12-6-7-12/h10-13,16H,6-9,15H2,1-5H3. The first kappa shape index (κ1) is 14.0. The average molecular weight is 226 g/mol. The highest BCUT2D eigenvalue weighted by Gasteiger charge is 2.38. The van der Waals surface area contributed by atoms with E-state index in [1.54, 1.807) is 0 Å². The summed E-state index contributed by atoms with van der Waals surface area (Å²) in [5.41, 5.74) is 6.31. The van der Waals surface area contributed by atoms with Gasteiger partial charge in [-0.2, -0.15) is 0 Å². The molecule has 16 heavy (non-hydrogen) atoms. The van der Waals surface area contributed by atoms with Crippen LogP contribution in [0, 0.1) is 23.7 Å². The normalized spacial score (nSPS) is 20.8. The summed E-state index contributed by atoms with van der Waals surface area (Å²) < 4.78 is 0. The molecular weight excluding hydrogens is 196 g/mol. The van der Waals surface area contributed by atoms with E-state index in [2.05, 4.69) is 39.9 Å². The zero-order valence-corrected chi connectivity index (χ0v) is 11.7. The third-order valence-corrected chi connectivity index (χ3v) is 4.11. The van der Waals surface area contributed by atoms with Gasteiger partial charge < -0.3 is 11.1 Å². The molecule has 0 bridgehead atoms. The number of nitrogens with two attached hydrogens (primary N) is 1. The average Bonchev–Trinajstić information content (AvgIpc) is 2.93. The third kappa shape index (κ3) is 4.06. The first-order chi connectivity index (χ1) is 7.34. The molecule has 0 heterocycles. The lowest BCUT2D eigenvalue weighted by molar-refractivity contribution is 0.262. The molecule has 3 N–H and O–H groups in total. The highest BCUT2D eigenvalue weighted by Crippen LogP contribution is 2.37. The summed E-state index contributed by atoms with van der Waals surface area (Å²) in [4.78, 5) is 0. The van der Waals surface area contributed by atoms with Gasteiger partial charge in [0.15, 0.2) is 0 Å². The Hall–Kier alpha value is -0.0800. The van der Waals surface area contributed by atoms with E-state index in [0.29, 0.717) is 0 Å². The van der Waals surface area contributed by atoms with Crippen molar-refractivity contribution in [1.29, 1.82) is 0 Å². The highest BCUT2D eigenvalue weighted by atomic mass is 14.9. The largest absolute Gasteiger partial charge is 0.324 e. The second kappa shape index (κ2) is 5.50. The van der Waals surface area contributed by atoms with Crippen molar-refractivity contribution < 1.29 is 0 Å². The molecule has 1 aliphatic carbocycles. The monoisotopic (exact) mass is 226 g/mol. The highest BCUT2D eigenvalue weighted by molar-refractivity contribution is 4.96. The van der Waals surface area contributed by atoms with E-state index < -0.39 is 0 Å². The maximum atomic E-state index is 6.30. The second-order valence-electron chi connectivity index (χ2n) is 6.56. The molecule has 0 aromatic heterocycles. The van der Waals surface area contributed by atoms with Crippen molar-refractivity contribution in [2.75, 3.05) is 13.1 Å². The van der Waals surface area contributed by atoms with Gasteiger partial charge in [-0.1, -0.05) is 27.7 Å².